The molecule has 0 spiro atoms. The van der Waals surface area contributed by atoms with Crippen LogP contribution in [0.2, 0.25) is 0 Å². The molecule has 0 unspecified atom stereocenters. The minimum Gasteiger partial charge on any atom is -0.388 e. The van der Waals surface area contributed by atoms with Crippen LogP contribution in [0.5, 0.6) is 0 Å². The fraction of sp³-hybridized carbons (Fsp3) is 0.533. The first-order valence-electron chi connectivity index (χ1n) is 7.35. The topological polar surface area (TPSA) is 79.5 Å². The summed E-state index contributed by atoms with van der Waals surface area (Å²) < 4.78 is 1.61. The Bertz CT molecular complexity index is 644. The van der Waals surface area contributed by atoms with E-state index in [1.54, 1.807) is 23.1 Å². The predicted molar refractivity (Wildman–Crippen MR) is 77.9 cm³/mol. The number of hydrogen-bond donors (Lipinski definition) is 2. The van der Waals surface area contributed by atoms with Gasteiger partial charge in [-0.3, -0.25) is 9.78 Å². The van der Waals surface area contributed by atoms with E-state index in [9.17, 15) is 9.90 Å². The van der Waals surface area contributed by atoms with Crippen molar-refractivity contribution in [2.24, 2.45) is 5.92 Å². The van der Waals surface area contributed by atoms with Crippen LogP contribution in [0, 0.1) is 5.92 Å². The average Bonchev–Trinajstić information content (AvgIpc) is 2.92. The summed E-state index contributed by atoms with van der Waals surface area (Å²) in [6.45, 7) is 2.49. The van der Waals surface area contributed by atoms with Gasteiger partial charge in [-0.25, -0.2) is 4.52 Å². The molecule has 1 aliphatic carbocycles. The normalized spacial score (nSPS) is 25.9. The third-order valence-electron chi connectivity index (χ3n) is 4.35. The first-order chi connectivity index (χ1) is 10.1. The second-order valence-corrected chi connectivity index (χ2v) is 6.05. The van der Waals surface area contributed by atoms with Crippen molar-refractivity contribution in [3.63, 3.8) is 0 Å². The lowest BCUT2D eigenvalue weighted by atomic mass is 9.79. The molecule has 2 N–H and O–H groups in total. The highest BCUT2D eigenvalue weighted by Gasteiger charge is 2.32. The van der Waals surface area contributed by atoms with Crippen LogP contribution in [0.4, 0.5) is 0 Å². The molecule has 21 heavy (non-hydrogen) atoms. The molecule has 0 saturated heterocycles. The number of nitrogens with zero attached hydrogens (tertiary/aromatic N) is 3. The fourth-order valence-electron chi connectivity index (χ4n) is 2.83. The van der Waals surface area contributed by atoms with E-state index in [0.29, 0.717) is 17.0 Å². The maximum absolute atomic E-state index is 12.3. The zero-order valence-electron chi connectivity index (χ0n) is 12.1. The van der Waals surface area contributed by atoms with E-state index in [0.717, 1.165) is 25.7 Å². The standard InChI is InChI=1S/C15H20N4O2/c1-11-2-4-15(21,5-3-11)10-17-14(20)12-8-18-19-7-6-16-9-13(12)19/h6-9,11,21H,2-5,10H2,1H3,(H,17,20). The Balaban J connectivity index is 1.67. The van der Waals surface area contributed by atoms with Crippen LogP contribution in [0.3, 0.4) is 0 Å². The van der Waals surface area contributed by atoms with Crippen LogP contribution in [0.25, 0.3) is 5.52 Å². The second kappa shape index (κ2) is 5.44. The van der Waals surface area contributed by atoms with Crippen LogP contribution >= 0.6 is 0 Å². The highest BCUT2D eigenvalue weighted by atomic mass is 16.3. The van der Waals surface area contributed by atoms with Crippen LogP contribution in [-0.4, -0.2) is 37.8 Å². The second-order valence-electron chi connectivity index (χ2n) is 6.05. The molecule has 1 aliphatic rings. The van der Waals surface area contributed by atoms with E-state index in [-0.39, 0.29) is 12.5 Å². The van der Waals surface area contributed by atoms with Gasteiger partial charge in [0.05, 0.1) is 29.1 Å². The number of fused-ring (bicyclic) bond motifs is 1. The molecule has 0 aliphatic heterocycles. The van der Waals surface area contributed by atoms with E-state index in [1.807, 2.05) is 0 Å². The lowest BCUT2D eigenvalue weighted by molar-refractivity contribution is -0.00538. The minimum absolute atomic E-state index is 0.218. The molecular weight excluding hydrogens is 268 g/mol. The number of aromatic nitrogens is 3. The van der Waals surface area contributed by atoms with Gasteiger partial charge in [0, 0.05) is 18.9 Å². The molecule has 6 nitrogen and oxygen atoms in total. The van der Waals surface area contributed by atoms with Gasteiger partial charge in [-0.15, -0.1) is 0 Å². The van der Waals surface area contributed by atoms with Gasteiger partial charge < -0.3 is 10.4 Å². The van der Waals surface area contributed by atoms with E-state index in [2.05, 4.69) is 22.3 Å². The Kier molecular flexibility index (Phi) is 3.63. The summed E-state index contributed by atoms with van der Waals surface area (Å²) in [6.07, 6.45) is 9.95. The zero-order valence-corrected chi connectivity index (χ0v) is 12.1. The maximum atomic E-state index is 12.3. The molecule has 2 heterocycles. The van der Waals surface area contributed by atoms with Crippen molar-refractivity contribution in [2.45, 2.75) is 38.2 Å². The predicted octanol–water partition coefficient (Wildman–Crippen LogP) is 1.40. The molecule has 0 aromatic carbocycles. The molecule has 0 atom stereocenters. The molecule has 3 rings (SSSR count). The van der Waals surface area contributed by atoms with Crippen LogP contribution in [-0.2, 0) is 0 Å². The number of aliphatic hydroxyl groups is 1. The average molecular weight is 288 g/mol. The van der Waals surface area contributed by atoms with Crippen LogP contribution in [0.1, 0.15) is 43.0 Å². The molecule has 2 aromatic rings. The molecule has 1 fully saturated rings. The molecule has 0 radical (unpaired) electrons. The van der Waals surface area contributed by atoms with Gasteiger partial charge in [-0.1, -0.05) is 6.92 Å². The number of carbonyl (C=O) groups excluding carboxylic acids is 1. The summed E-state index contributed by atoms with van der Waals surface area (Å²) in [4.78, 5) is 16.3. The van der Waals surface area contributed by atoms with E-state index >= 15 is 0 Å². The quantitative estimate of drug-likeness (QED) is 0.894. The summed E-state index contributed by atoms with van der Waals surface area (Å²) in [7, 11) is 0. The van der Waals surface area contributed by atoms with Crippen molar-refractivity contribution in [3.05, 3.63) is 30.4 Å². The van der Waals surface area contributed by atoms with Gasteiger partial charge in [0.1, 0.15) is 0 Å². The number of carbonyl (C=O) groups is 1. The highest BCUT2D eigenvalue weighted by Crippen LogP contribution is 2.31. The van der Waals surface area contributed by atoms with Gasteiger partial charge in [0.15, 0.2) is 0 Å². The Morgan fingerprint density at radius 1 is 1.48 bits per heavy atom. The fourth-order valence-corrected chi connectivity index (χ4v) is 2.83. The van der Waals surface area contributed by atoms with Crippen molar-refractivity contribution < 1.29 is 9.90 Å². The van der Waals surface area contributed by atoms with Gasteiger partial charge in [0.2, 0.25) is 0 Å². The number of amides is 1. The number of hydrogen-bond acceptors (Lipinski definition) is 4. The van der Waals surface area contributed by atoms with E-state index in [1.165, 1.54) is 6.20 Å². The summed E-state index contributed by atoms with van der Waals surface area (Å²) in [5, 5.41) is 17.4. The van der Waals surface area contributed by atoms with Crippen LogP contribution < -0.4 is 5.32 Å². The van der Waals surface area contributed by atoms with E-state index < -0.39 is 5.60 Å². The first kappa shape index (κ1) is 14.0. The van der Waals surface area contributed by atoms with Gasteiger partial charge in [-0.05, 0) is 31.6 Å². The lowest BCUT2D eigenvalue weighted by Crippen LogP contribution is -2.45. The SMILES string of the molecule is CC1CCC(O)(CNC(=O)c2cnn3ccncc23)CC1. The lowest BCUT2D eigenvalue weighted by Gasteiger charge is -2.34. The molecular formula is C15H20N4O2. The van der Waals surface area contributed by atoms with Crippen molar-refractivity contribution in [1.29, 1.82) is 0 Å². The first-order valence-corrected chi connectivity index (χ1v) is 7.35. The summed E-state index contributed by atoms with van der Waals surface area (Å²) in [5.41, 5.74) is 0.374. The molecule has 112 valence electrons. The zero-order chi connectivity index (χ0) is 14.9. The Morgan fingerprint density at radius 2 is 2.24 bits per heavy atom. The summed E-state index contributed by atoms with van der Waals surface area (Å²) in [6, 6.07) is 0. The third-order valence-corrected chi connectivity index (χ3v) is 4.35. The van der Waals surface area contributed by atoms with Crippen molar-refractivity contribution >= 4 is 11.4 Å². The molecule has 2 aromatic heterocycles. The monoisotopic (exact) mass is 288 g/mol. The molecule has 0 bridgehead atoms. The molecule has 1 saturated carbocycles. The molecule has 6 heteroatoms. The highest BCUT2D eigenvalue weighted by molar-refractivity contribution is 6.00. The van der Waals surface area contributed by atoms with Gasteiger partial charge in [0.25, 0.3) is 5.91 Å². The number of rotatable bonds is 3. The minimum atomic E-state index is -0.774. The summed E-state index contributed by atoms with van der Waals surface area (Å²) >= 11 is 0. The number of nitrogens with one attached hydrogen (secondary N) is 1. The summed E-state index contributed by atoms with van der Waals surface area (Å²) in [5.74, 6) is 0.441. The smallest absolute Gasteiger partial charge is 0.255 e. The Labute approximate surface area is 123 Å². The van der Waals surface area contributed by atoms with Crippen molar-refractivity contribution in [2.75, 3.05) is 6.54 Å². The van der Waals surface area contributed by atoms with Gasteiger partial charge >= 0.3 is 0 Å². The Hall–Kier alpha value is -1.95. The van der Waals surface area contributed by atoms with E-state index in [4.69, 9.17) is 0 Å². The molecule has 1 amide bonds. The third kappa shape index (κ3) is 2.90. The van der Waals surface area contributed by atoms with Crippen molar-refractivity contribution in [1.82, 2.24) is 19.9 Å². The Morgan fingerprint density at radius 3 is 3.00 bits per heavy atom. The van der Waals surface area contributed by atoms with Crippen molar-refractivity contribution in [3.8, 4) is 0 Å². The largest absolute Gasteiger partial charge is 0.388 e. The van der Waals surface area contributed by atoms with Crippen LogP contribution in [0.15, 0.2) is 24.8 Å². The van der Waals surface area contributed by atoms with Gasteiger partial charge in [-0.2, -0.15) is 5.10 Å². The maximum Gasteiger partial charge on any atom is 0.255 e.